The molecule has 6 aliphatic rings. The van der Waals surface area contributed by atoms with E-state index in [1.54, 1.807) is 13.8 Å². The molecular formula is C43H70N2O5. The molecule has 5 saturated carbocycles. The smallest absolute Gasteiger partial charge is 0.309 e. The molecule has 6 fully saturated rings. The molecular weight excluding hydrogens is 624 g/mol. The Labute approximate surface area is 303 Å². The summed E-state index contributed by atoms with van der Waals surface area (Å²) in [5, 5.41) is 13.2. The van der Waals surface area contributed by atoms with E-state index in [0.29, 0.717) is 48.0 Å². The highest BCUT2D eigenvalue weighted by Gasteiger charge is 2.71. The van der Waals surface area contributed by atoms with Gasteiger partial charge in [0.2, 0.25) is 5.91 Å². The molecule has 50 heavy (non-hydrogen) atoms. The van der Waals surface area contributed by atoms with Crippen molar-refractivity contribution in [2.75, 3.05) is 19.6 Å². The van der Waals surface area contributed by atoms with Crippen LogP contribution >= 0.6 is 0 Å². The van der Waals surface area contributed by atoms with Crippen LogP contribution in [0.2, 0.25) is 0 Å². The monoisotopic (exact) mass is 695 g/mol. The number of esters is 1. The molecule has 7 nitrogen and oxygen atoms in total. The number of fused-ring (bicyclic) bond motifs is 7. The largest absolute Gasteiger partial charge is 0.481 e. The number of likely N-dealkylation sites (N-methyl/N-ethyl adjacent to an activating group) is 1. The van der Waals surface area contributed by atoms with Crippen molar-refractivity contribution in [3.63, 3.8) is 0 Å². The lowest BCUT2D eigenvalue weighted by Gasteiger charge is -2.73. The normalized spacial score (nSPS) is 43.6. The van der Waals surface area contributed by atoms with Gasteiger partial charge in [-0.1, -0.05) is 53.7 Å². The minimum Gasteiger partial charge on any atom is -0.481 e. The second-order valence-electron chi connectivity index (χ2n) is 20.3. The Morgan fingerprint density at radius 2 is 1.62 bits per heavy atom. The fourth-order valence-electron chi connectivity index (χ4n) is 14.3. The maximum atomic E-state index is 14.1. The number of nitrogens with one attached hydrogen (secondary N) is 1. The SMILES string of the molecule is C=C(C)[C@@H]1CC[C@]2(CC(=O)N3CC[C@@H](NCC)C3)CC[C@]3(C)C(CC[C@H]4C3(C)CC[C@H]3C(C)(C)[C@@H](OC(=O)CC(C)(C)C(=O)O)CC[C@@]34C)[C@@H]12. The summed E-state index contributed by atoms with van der Waals surface area (Å²) in [6.45, 7) is 27.4. The van der Waals surface area contributed by atoms with E-state index < -0.39 is 11.4 Å². The number of ether oxygens (including phenoxy) is 1. The summed E-state index contributed by atoms with van der Waals surface area (Å²) < 4.78 is 6.19. The number of hydrogen-bond donors (Lipinski definition) is 2. The molecule has 2 unspecified atom stereocenters. The third kappa shape index (κ3) is 5.81. The van der Waals surface area contributed by atoms with Crippen molar-refractivity contribution < 1.29 is 24.2 Å². The van der Waals surface area contributed by atoms with E-state index in [2.05, 4.69) is 65.3 Å². The predicted octanol–water partition coefficient (Wildman–Crippen LogP) is 8.66. The molecule has 7 heteroatoms. The van der Waals surface area contributed by atoms with Crippen LogP contribution < -0.4 is 5.32 Å². The molecule has 1 heterocycles. The molecule has 0 aromatic carbocycles. The van der Waals surface area contributed by atoms with Gasteiger partial charge in [-0.05, 0) is 149 Å². The van der Waals surface area contributed by atoms with E-state index in [1.807, 2.05) is 0 Å². The van der Waals surface area contributed by atoms with Crippen molar-refractivity contribution >= 4 is 17.8 Å². The zero-order chi connectivity index (χ0) is 36.7. The highest BCUT2D eigenvalue weighted by molar-refractivity contribution is 5.81. The molecule has 1 amide bonds. The molecule has 6 rings (SSSR count). The van der Waals surface area contributed by atoms with Crippen molar-refractivity contribution in [3.05, 3.63) is 12.2 Å². The van der Waals surface area contributed by atoms with Crippen LogP contribution in [-0.4, -0.2) is 59.6 Å². The maximum absolute atomic E-state index is 14.1. The molecule has 282 valence electrons. The number of likely N-dealkylation sites (tertiary alicyclic amines) is 1. The second-order valence-corrected chi connectivity index (χ2v) is 20.3. The number of hydrogen-bond acceptors (Lipinski definition) is 5. The van der Waals surface area contributed by atoms with Gasteiger partial charge in [0.25, 0.3) is 0 Å². The van der Waals surface area contributed by atoms with Gasteiger partial charge in [0.05, 0.1) is 11.8 Å². The number of nitrogens with zero attached hydrogens (tertiary/aromatic N) is 1. The third-order valence-corrected chi connectivity index (χ3v) is 17.2. The number of aliphatic carboxylic acids is 1. The minimum absolute atomic E-state index is 0.0879. The van der Waals surface area contributed by atoms with E-state index in [0.717, 1.165) is 58.2 Å². The third-order valence-electron chi connectivity index (χ3n) is 17.2. The zero-order valence-corrected chi connectivity index (χ0v) is 33.1. The fourth-order valence-corrected chi connectivity index (χ4v) is 14.3. The van der Waals surface area contributed by atoms with Gasteiger partial charge in [-0.25, -0.2) is 0 Å². The first-order chi connectivity index (χ1) is 23.3. The summed E-state index contributed by atoms with van der Waals surface area (Å²) >= 11 is 0. The minimum atomic E-state index is -1.14. The Hall–Kier alpha value is -1.89. The fraction of sp³-hybridized carbons (Fsp3) is 0.884. The Bertz CT molecular complexity index is 1370. The Kier molecular flexibility index (Phi) is 9.77. The van der Waals surface area contributed by atoms with Gasteiger partial charge in [0, 0.05) is 31.0 Å². The molecule has 0 bridgehead atoms. The lowest BCUT2D eigenvalue weighted by atomic mass is 9.32. The van der Waals surface area contributed by atoms with Gasteiger partial charge in [-0.2, -0.15) is 0 Å². The number of amides is 1. The van der Waals surface area contributed by atoms with E-state index in [9.17, 15) is 19.5 Å². The summed E-state index contributed by atoms with van der Waals surface area (Å²) in [7, 11) is 0. The molecule has 0 aromatic rings. The van der Waals surface area contributed by atoms with Crippen LogP contribution in [0.15, 0.2) is 12.2 Å². The van der Waals surface area contributed by atoms with Crippen LogP contribution in [0.4, 0.5) is 0 Å². The molecule has 1 aliphatic heterocycles. The molecule has 11 atom stereocenters. The van der Waals surface area contributed by atoms with Gasteiger partial charge in [-0.3, -0.25) is 14.4 Å². The number of carbonyl (C=O) groups is 3. The average molecular weight is 695 g/mol. The van der Waals surface area contributed by atoms with Crippen LogP contribution in [0.25, 0.3) is 0 Å². The second kappa shape index (κ2) is 12.9. The lowest BCUT2D eigenvalue weighted by Crippen LogP contribution is -2.67. The van der Waals surface area contributed by atoms with Gasteiger partial charge in [-0.15, -0.1) is 0 Å². The molecule has 2 N–H and O–H groups in total. The molecule has 0 spiro atoms. The van der Waals surface area contributed by atoms with E-state index in [-0.39, 0.29) is 45.6 Å². The quantitative estimate of drug-likeness (QED) is 0.185. The first-order valence-corrected chi connectivity index (χ1v) is 20.4. The number of carboxylic acids is 1. The van der Waals surface area contributed by atoms with E-state index in [4.69, 9.17) is 4.74 Å². The molecule has 1 saturated heterocycles. The summed E-state index contributed by atoms with van der Waals surface area (Å²) in [6, 6.07) is 0.432. The van der Waals surface area contributed by atoms with Crippen LogP contribution in [-0.2, 0) is 19.1 Å². The van der Waals surface area contributed by atoms with Crippen LogP contribution in [0.5, 0.6) is 0 Å². The molecule has 0 radical (unpaired) electrons. The maximum Gasteiger partial charge on any atom is 0.309 e. The van der Waals surface area contributed by atoms with Gasteiger partial charge < -0.3 is 20.1 Å². The highest BCUT2D eigenvalue weighted by Crippen LogP contribution is 2.78. The van der Waals surface area contributed by atoms with Crippen LogP contribution in [0, 0.1) is 62.1 Å². The summed E-state index contributed by atoms with van der Waals surface area (Å²) in [5.41, 5.74) is 0.658. The van der Waals surface area contributed by atoms with E-state index in [1.165, 1.54) is 37.7 Å². The standard InChI is InChI=1S/C43H70N2O5/c1-11-44-28-17-23-45(26-28)34(46)24-43-20-14-29(27(2)3)36(43)30-12-13-32-40(8)18-16-33(50-35(47)25-38(4,5)37(48)49)39(6,7)31(40)15-19-42(32,10)41(30,9)21-22-43/h28-33,36,44H,2,11-26H2,1,3-10H3,(H,48,49)/t28-,29+,30?,31+,32-,33+,36-,40+,41-,42?,43-/m1/s1. The zero-order valence-electron chi connectivity index (χ0n) is 33.1. The van der Waals surface area contributed by atoms with Crippen molar-refractivity contribution in [2.24, 2.45) is 62.1 Å². The lowest BCUT2D eigenvalue weighted by molar-refractivity contribution is -0.250. The van der Waals surface area contributed by atoms with Crippen LogP contribution in [0.3, 0.4) is 0 Å². The number of rotatable bonds is 9. The average Bonchev–Trinajstić information content (AvgIpc) is 3.64. The van der Waals surface area contributed by atoms with Crippen molar-refractivity contribution in [1.29, 1.82) is 0 Å². The van der Waals surface area contributed by atoms with Gasteiger partial charge >= 0.3 is 11.9 Å². The van der Waals surface area contributed by atoms with Gasteiger partial charge in [0.15, 0.2) is 0 Å². The predicted molar refractivity (Wildman–Crippen MR) is 198 cm³/mol. The summed E-state index contributed by atoms with van der Waals surface area (Å²) in [5.74, 6) is 1.71. The Balaban J connectivity index is 1.23. The van der Waals surface area contributed by atoms with Crippen molar-refractivity contribution in [2.45, 2.75) is 158 Å². The highest BCUT2D eigenvalue weighted by atomic mass is 16.5. The van der Waals surface area contributed by atoms with Crippen molar-refractivity contribution in [3.8, 4) is 0 Å². The molecule has 0 aromatic heterocycles. The van der Waals surface area contributed by atoms with Crippen LogP contribution in [0.1, 0.15) is 146 Å². The summed E-state index contributed by atoms with van der Waals surface area (Å²) in [4.78, 5) is 41.1. The van der Waals surface area contributed by atoms with Crippen molar-refractivity contribution in [1.82, 2.24) is 10.2 Å². The number of carboxylic acid groups (broad SMARTS) is 1. The van der Waals surface area contributed by atoms with Gasteiger partial charge in [0.1, 0.15) is 6.10 Å². The summed E-state index contributed by atoms with van der Waals surface area (Å²) in [6.07, 6.45) is 12.9. The first kappa shape index (κ1) is 37.9. The molecule has 5 aliphatic carbocycles. The number of carbonyl (C=O) groups excluding carboxylic acids is 2. The topological polar surface area (TPSA) is 95.9 Å². The number of allylic oxidation sites excluding steroid dienone is 1. The van der Waals surface area contributed by atoms with E-state index >= 15 is 0 Å². The Morgan fingerprint density at radius 3 is 2.28 bits per heavy atom. The Morgan fingerprint density at radius 1 is 0.900 bits per heavy atom. The first-order valence-electron chi connectivity index (χ1n) is 20.4.